The minimum Gasteiger partial charge on any atom is -0.391 e. The summed E-state index contributed by atoms with van der Waals surface area (Å²) in [5, 5.41) is 15.1. The highest BCUT2D eigenvalue weighted by Gasteiger charge is 2.21. The van der Waals surface area contributed by atoms with E-state index in [1.807, 2.05) is 6.92 Å². The molecular formula is C15H21N3O3. The molecule has 114 valence electrons. The molecule has 0 aliphatic carbocycles. The second-order valence-corrected chi connectivity index (χ2v) is 5.11. The van der Waals surface area contributed by atoms with Crippen LogP contribution in [-0.2, 0) is 0 Å². The fourth-order valence-electron chi connectivity index (χ4n) is 2.31. The Bertz CT molecular complexity index is 501. The third-order valence-corrected chi connectivity index (χ3v) is 3.42. The number of carbonyl (C=O) groups is 2. The van der Waals surface area contributed by atoms with Crippen LogP contribution in [0.1, 0.15) is 30.1 Å². The number of anilines is 1. The summed E-state index contributed by atoms with van der Waals surface area (Å²) in [4.78, 5) is 25.3. The predicted molar refractivity (Wildman–Crippen MR) is 80.3 cm³/mol. The van der Waals surface area contributed by atoms with E-state index in [4.69, 9.17) is 0 Å². The summed E-state index contributed by atoms with van der Waals surface area (Å²) >= 11 is 0. The number of rotatable bonds is 3. The first kappa shape index (κ1) is 15.3. The molecule has 1 atom stereocenters. The minimum atomic E-state index is -0.440. The molecule has 3 amide bonds. The van der Waals surface area contributed by atoms with Gasteiger partial charge in [0.25, 0.3) is 5.91 Å². The minimum absolute atomic E-state index is 0.130. The van der Waals surface area contributed by atoms with Crippen LogP contribution in [0, 0.1) is 0 Å². The molecule has 0 saturated carbocycles. The largest absolute Gasteiger partial charge is 0.391 e. The summed E-state index contributed by atoms with van der Waals surface area (Å²) in [7, 11) is 0. The molecule has 6 nitrogen and oxygen atoms in total. The maximum absolute atomic E-state index is 12.1. The van der Waals surface area contributed by atoms with Crippen LogP contribution in [0.5, 0.6) is 0 Å². The highest BCUT2D eigenvalue weighted by Crippen LogP contribution is 2.14. The van der Waals surface area contributed by atoms with Crippen LogP contribution in [0.2, 0.25) is 0 Å². The average molecular weight is 291 g/mol. The van der Waals surface area contributed by atoms with Gasteiger partial charge in [0.2, 0.25) is 0 Å². The number of β-amino-alcohol motifs (C(OH)–C–C–N with tert-alkyl or cyclic N) is 1. The quantitative estimate of drug-likeness (QED) is 0.788. The van der Waals surface area contributed by atoms with Gasteiger partial charge >= 0.3 is 6.03 Å². The lowest BCUT2D eigenvalue weighted by Crippen LogP contribution is -2.44. The number of hydrogen-bond donors (Lipinski definition) is 3. The van der Waals surface area contributed by atoms with Gasteiger partial charge in [-0.05, 0) is 44.0 Å². The molecule has 21 heavy (non-hydrogen) atoms. The van der Waals surface area contributed by atoms with Crippen LogP contribution in [0.3, 0.4) is 0 Å². The van der Waals surface area contributed by atoms with E-state index in [2.05, 4.69) is 10.6 Å². The number of urea groups is 1. The summed E-state index contributed by atoms with van der Waals surface area (Å²) in [5.74, 6) is -0.130. The normalized spacial score (nSPS) is 18.2. The molecule has 0 aromatic heterocycles. The molecule has 0 bridgehead atoms. The zero-order chi connectivity index (χ0) is 15.2. The Morgan fingerprint density at radius 1 is 1.33 bits per heavy atom. The molecule has 1 aromatic carbocycles. The van der Waals surface area contributed by atoms with Crippen LogP contribution >= 0.6 is 0 Å². The maximum atomic E-state index is 12.1. The molecule has 1 unspecified atom stereocenters. The molecule has 1 aliphatic rings. The number of nitrogens with one attached hydrogen (secondary N) is 2. The number of aliphatic hydroxyl groups is 1. The lowest BCUT2D eigenvalue weighted by molar-refractivity contribution is 0.0883. The van der Waals surface area contributed by atoms with Gasteiger partial charge in [0.05, 0.1) is 6.10 Å². The predicted octanol–water partition coefficient (Wildman–Crippen LogP) is 1.42. The second kappa shape index (κ2) is 7.08. The zero-order valence-electron chi connectivity index (χ0n) is 12.1. The van der Waals surface area contributed by atoms with Crippen molar-refractivity contribution in [2.45, 2.75) is 25.9 Å². The third kappa shape index (κ3) is 4.19. The SMILES string of the molecule is CCNC(=O)c1ccc(NC(=O)N2CCCC(O)C2)cc1. The van der Waals surface area contributed by atoms with Crippen molar-refractivity contribution in [1.29, 1.82) is 0 Å². The number of amides is 3. The molecule has 0 radical (unpaired) electrons. The topological polar surface area (TPSA) is 81.7 Å². The fraction of sp³-hybridized carbons (Fsp3) is 0.467. The van der Waals surface area contributed by atoms with Crippen LogP contribution in [0.25, 0.3) is 0 Å². The lowest BCUT2D eigenvalue weighted by Gasteiger charge is -2.30. The molecule has 1 aromatic rings. The number of carbonyl (C=O) groups excluding carboxylic acids is 2. The molecule has 1 fully saturated rings. The van der Waals surface area contributed by atoms with Gasteiger partial charge in [-0.1, -0.05) is 0 Å². The van der Waals surface area contributed by atoms with E-state index in [-0.39, 0.29) is 11.9 Å². The summed E-state index contributed by atoms with van der Waals surface area (Å²) in [5.41, 5.74) is 1.19. The lowest BCUT2D eigenvalue weighted by atomic mass is 10.1. The molecule has 1 saturated heterocycles. The maximum Gasteiger partial charge on any atom is 0.321 e. The molecule has 2 rings (SSSR count). The number of piperidine rings is 1. The molecule has 6 heteroatoms. The summed E-state index contributed by atoms with van der Waals surface area (Å²) < 4.78 is 0. The standard InChI is InChI=1S/C15H21N3O3/c1-2-16-14(20)11-5-7-12(8-6-11)17-15(21)18-9-3-4-13(19)10-18/h5-8,13,19H,2-4,9-10H2,1H3,(H,16,20)(H,17,21). The summed E-state index contributed by atoms with van der Waals surface area (Å²) in [6.07, 6.45) is 1.11. The molecule has 1 heterocycles. The van der Waals surface area contributed by atoms with Gasteiger partial charge in [0.15, 0.2) is 0 Å². The Kier molecular flexibility index (Phi) is 5.16. The van der Waals surface area contributed by atoms with E-state index in [0.29, 0.717) is 30.9 Å². The number of aliphatic hydroxyl groups excluding tert-OH is 1. The average Bonchev–Trinajstić information content (AvgIpc) is 2.48. The Balaban J connectivity index is 1.93. The van der Waals surface area contributed by atoms with Crippen LogP contribution < -0.4 is 10.6 Å². The van der Waals surface area contributed by atoms with Crippen LogP contribution in [0.15, 0.2) is 24.3 Å². The van der Waals surface area contributed by atoms with Gasteiger partial charge in [-0.15, -0.1) is 0 Å². The van der Waals surface area contributed by atoms with Gasteiger partial charge in [-0.3, -0.25) is 4.79 Å². The summed E-state index contributed by atoms with van der Waals surface area (Å²) in [6.45, 7) is 3.46. The Hall–Kier alpha value is -2.08. The highest BCUT2D eigenvalue weighted by molar-refractivity contribution is 5.95. The van der Waals surface area contributed by atoms with Gasteiger partial charge in [0, 0.05) is 30.9 Å². The van der Waals surface area contributed by atoms with Crippen molar-refractivity contribution in [3.05, 3.63) is 29.8 Å². The van der Waals surface area contributed by atoms with Crippen molar-refractivity contribution in [1.82, 2.24) is 10.2 Å². The van der Waals surface area contributed by atoms with E-state index < -0.39 is 6.10 Å². The van der Waals surface area contributed by atoms with Crippen molar-refractivity contribution < 1.29 is 14.7 Å². The van der Waals surface area contributed by atoms with E-state index in [0.717, 1.165) is 12.8 Å². The summed E-state index contributed by atoms with van der Waals surface area (Å²) in [6, 6.07) is 6.52. The van der Waals surface area contributed by atoms with E-state index in [1.54, 1.807) is 29.2 Å². The number of likely N-dealkylation sites (tertiary alicyclic amines) is 1. The first-order chi connectivity index (χ1) is 10.1. The monoisotopic (exact) mass is 291 g/mol. The van der Waals surface area contributed by atoms with E-state index in [1.165, 1.54) is 0 Å². The van der Waals surface area contributed by atoms with Crippen molar-refractivity contribution >= 4 is 17.6 Å². The first-order valence-corrected chi connectivity index (χ1v) is 7.22. The van der Waals surface area contributed by atoms with Crippen molar-refractivity contribution in [3.63, 3.8) is 0 Å². The van der Waals surface area contributed by atoms with Crippen molar-refractivity contribution in [3.8, 4) is 0 Å². The third-order valence-electron chi connectivity index (χ3n) is 3.42. The van der Waals surface area contributed by atoms with Gasteiger partial charge in [0.1, 0.15) is 0 Å². The molecule has 3 N–H and O–H groups in total. The van der Waals surface area contributed by atoms with Crippen molar-refractivity contribution in [2.24, 2.45) is 0 Å². The Morgan fingerprint density at radius 2 is 2.05 bits per heavy atom. The second-order valence-electron chi connectivity index (χ2n) is 5.11. The highest BCUT2D eigenvalue weighted by atomic mass is 16.3. The Morgan fingerprint density at radius 3 is 2.67 bits per heavy atom. The Labute approximate surface area is 124 Å². The van der Waals surface area contributed by atoms with Gasteiger partial charge < -0.3 is 20.6 Å². The first-order valence-electron chi connectivity index (χ1n) is 7.22. The van der Waals surface area contributed by atoms with E-state index in [9.17, 15) is 14.7 Å². The van der Waals surface area contributed by atoms with Crippen molar-refractivity contribution in [2.75, 3.05) is 25.0 Å². The van der Waals surface area contributed by atoms with Gasteiger partial charge in [-0.2, -0.15) is 0 Å². The zero-order valence-corrected chi connectivity index (χ0v) is 12.1. The van der Waals surface area contributed by atoms with Gasteiger partial charge in [-0.25, -0.2) is 4.79 Å². The smallest absolute Gasteiger partial charge is 0.321 e. The van der Waals surface area contributed by atoms with Crippen LogP contribution in [0.4, 0.5) is 10.5 Å². The molecular weight excluding hydrogens is 270 g/mol. The number of benzene rings is 1. The molecule has 0 spiro atoms. The molecule has 1 aliphatic heterocycles. The fourth-order valence-corrected chi connectivity index (χ4v) is 2.31. The number of nitrogens with zero attached hydrogens (tertiary/aromatic N) is 1. The number of hydrogen-bond acceptors (Lipinski definition) is 3. The van der Waals surface area contributed by atoms with Crippen LogP contribution in [-0.4, -0.2) is 47.7 Å². The van der Waals surface area contributed by atoms with E-state index >= 15 is 0 Å².